The van der Waals surface area contributed by atoms with Gasteiger partial charge in [-0.05, 0) is 225 Å². The number of aromatic nitrogens is 3. The number of phenols is 3. The van der Waals surface area contributed by atoms with Crippen molar-refractivity contribution in [1.82, 2.24) is 20.3 Å². The number of fused-ring (bicyclic) bond motifs is 1. The molecule has 8 nitrogen and oxygen atoms in total. The molecule has 10 heteroatoms. The molecule has 1 saturated heterocycles. The number of ether oxygens (including phenoxy) is 1. The fraction of sp³-hybridized carbons (Fsp3) is 0.526. The van der Waals surface area contributed by atoms with Crippen LogP contribution < -0.4 is 10.1 Å². The van der Waals surface area contributed by atoms with Gasteiger partial charge in [0.05, 0.1) is 13.4 Å². The van der Waals surface area contributed by atoms with Crippen molar-refractivity contribution in [3.63, 3.8) is 0 Å². The van der Waals surface area contributed by atoms with Crippen molar-refractivity contribution in [2.75, 3.05) is 20.2 Å². The SMILES string of the molecule is CC(C)(C)CC1CCNC1.CC(C)(C)Cc1c[nH]c2ccccc12.CC(C)(C)Cc1ccc(Cl)cc1.CC(C)(C)Cc1ccc(O)cc1.CC(C)(C)Cc1cccc(O)c1O.CC(C)(C)Cc1ccccc1.CC(C)(C)Cc1cccs1.CC(C)(C)Cc1cnc[nH]1.COc1ccc(CC(C)(C)C)cc1. The summed E-state index contributed by atoms with van der Waals surface area (Å²) in [6.45, 7) is 62.9. The molecule has 0 saturated carbocycles. The van der Waals surface area contributed by atoms with Crippen LogP contribution in [0.4, 0.5) is 0 Å². The summed E-state index contributed by atoms with van der Waals surface area (Å²) < 4.78 is 5.10. The van der Waals surface area contributed by atoms with Crippen LogP contribution in [0.5, 0.6) is 23.0 Å². The molecule has 9 aromatic rings. The Morgan fingerprint density at radius 2 is 0.886 bits per heavy atom. The van der Waals surface area contributed by atoms with E-state index in [-0.39, 0.29) is 16.9 Å². The molecule has 0 amide bonds. The van der Waals surface area contributed by atoms with Crippen LogP contribution in [0.15, 0.2) is 182 Å². The van der Waals surface area contributed by atoms with Gasteiger partial charge in [-0.3, -0.25) is 0 Å². The summed E-state index contributed by atoms with van der Waals surface area (Å²) in [6, 6.07) is 52.3. The zero-order valence-corrected chi connectivity index (χ0v) is 72.4. The van der Waals surface area contributed by atoms with Gasteiger partial charge in [0.1, 0.15) is 11.5 Å². The molecule has 0 aliphatic carbocycles. The number of benzene rings is 6. The molecule has 105 heavy (non-hydrogen) atoms. The van der Waals surface area contributed by atoms with Crippen molar-refractivity contribution in [2.45, 2.75) is 251 Å². The number of halogens is 1. The first kappa shape index (κ1) is 94.3. The number of hydrogen-bond acceptors (Lipinski definition) is 7. The Bertz CT molecular complexity index is 3590. The van der Waals surface area contributed by atoms with Crippen LogP contribution in [0.2, 0.25) is 5.02 Å². The van der Waals surface area contributed by atoms with Crippen LogP contribution in [0.1, 0.15) is 244 Å². The minimum absolute atomic E-state index is 0.0115. The summed E-state index contributed by atoms with van der Waals surface area (Å²) in [4.78, 5) is 11.8. The lowest BCUT2D eigenvalue weighted by Gasteiger charge is -2.21. The maximum Gasteiger partial charge on any atom is 0.160 e. The molecule has 10 rings (SSSR count). The van der Waals surface area contributed by atoms with E-state index in [1.165, 1.54) is 87.7 Å². The summed E-state index contributed by atoms with van der Waals surface area (Å²) in [5, 5.41) is 35.5. The second-order valence-corrected chi connectivity index (χ2v) is 40.9. The third-order valence-corrected chi connectivity index (χ3v) is 16.8. The standard InChI is InChI=1S/C13H17N.C12H18O.C11H15Cl.C11H16O2.C11H16O.C11H16.C9H19N.C9H14S.C8H14N2/c1-13(2,3)8-10-9-14-12-7-5-4-6-11(10)12;1-12(2,3)9-10-5-7-11(13-4)8-6-10;1-11(2,3)8-9-4-6-10(12)7-5-9;1-11(2,3)7-8-5-4-6-9(12)10(8)13;1-11(2,3)8-9-4-6-10(12)7-5-9;1-11(2,3)9-10-7-5-4-6-8-10;1-9(2,3)6-8-4-5-10-7-8;1-9(2,3)7-8-5-4-6-10-8;1-8(2,3)4-7-5-9-6-10-7/h4-7,9,14H,8H2,1-3H3;5-8H,9H2,1-4H3;4-7H,8H2,1-3H3;4-6,12-13H,7H2,1-3H3;4-7,12H,8H2,1-3H3;4-8H,9H2,1-3H3;8,10H,4-7H2,1-3H3;4-6H,7H2,1-3H3;5-6H,4H2,1-3H3,(H,9,10). The Hall–Kier alpha value is -6.78. The number of phenolic OH excluding ortho intramolecular Hbond substituents is 3. The van der Waals surface area contributed by atoms with E-state index in [1.807, 2.05) is 60.0 Å². The molecule has 0 bridgehead atoms. The van der Waals surface area contributed by atoms with Crippen LogP contribution >= 0.6 is 22.9 Å². The minimum Gasteiger partial charge on any atom is -0.508 e. The number of imidazole rings is 1. The van der Waals surface area contributed by atoms with E-state index in [9.17, 15) is 10.2 Å². The van der Waals surface area contributed by atoms with Crippen LogP contribution in [-0.4, -0.2) is 50.5 Å². The first-order chi connectivity index (χ1) is 48.2. The van der Waals surface area contributed by atoms with Gasteiger partial charge in [0.15, 0.2) is 11.5 Å². The molecule has 3 aromatic heterocycles. The van der Waals surface area contributed by atoms with Crippen molar-refractivity contribution < 1.29 is 20.1 Å². The van der Waals surface area contributed by atoms with Crippen molar-refractivity contribution in [3.05, 3.63) is 231 Å². The monoisotopic (exact) mass is 1470 g/mol. The molecule has 582 valence electrons. The van der Waals surface area contributed by atoms with Crippen molar-refractivity contribution in [1.29, 1.82) is 0 Å². The Morgan fingerprint density at radius 1 is 0.438 bits per heavy atom. The Balaban J connectivity index is 0.000000402. The lowest BCUT2D eigenvalue weighted by atomic mass is 9.84. The molecule has 6 aromatic carbocycles. The van der Waals surface area contributed by atoms with Gasteiger partial charge in [0.25, 0.3) is 0 Å². The molecule has 1 aliphatic rings. The highest BCUT2D eigenvalue weighted by Crippen LogP contribution is 2.34. The molecular weight excluding hydrogens is 1330 g/mol. The number of methoxy groups -OCH3 is 1. The van der Waals surface area contributed by atoms with Gasteiger partial charge >= 0.3 is 0 Å². The Kier molecular flexibility index (Phi) is 39.4. The van der Waals surface area contributed by atoms with Gasteiger partial charge in [-0.25, -0.2) is 4.98 Å². The first-order valence-electron chi connectivity index (χ1n) is 38.2. The van der Waals surface area contributed by atoms with Crippen molar-refractivity contribution in [2.24, 2.45) is 54.7 Å². The average molecular weight is 1470 g/mol. The fourth-order valence-corrected chi connectivity index (χ4v) is 12.9. The maximum absolute atomic E-state index is 9.51. The Morgan fingerprint density at radius 3 is 1.30 bits per heavy atom. The van der Waals surface area contributed by atoms with Crippen molar-refractivity contribution >= 4 is 33.8 Å². The number of aromatic hydroxyl groups is 3. The number of H-pyrrole nitrogens is 2. The molecule has 6 N–H and O–H groups in total. The predicted molar refractivity (Wildman–Crippen MR) is 460 cm³/mol. The molecule has 1 aliphatic heterocycles. The van der Waals surface area contributed by atoms with E-state index >= 15 is 0 Å². The number of aromatic amines is 2. The molecule has 1 atom stereocenters. The van der Waals surface area contributed by atoms with E-state index in [2.05, 4.69) is 310 Å². The molecule has 0 radical (unpaired) electrons. The highest BCUT2D eigenvalue weighted by Gasteiger charge is 2.22. The van der Waals surface area contributed by atoms with E-state index in [4.69, 9.17) is 21.4 Å². The third-order valence-electron chi connectivity index (χ3n) is 15.6. The van der Waals surface area contributed by atoms with E-state index in [0.29, 0.717) is 49.1 Å². The van der Waals surface area contributed by atoms with Gasteiger partial charge in [-0.2, -0.15) is 0 Å². The summed E-state index contributed by atoms with van der Waals surface area (Å²) in [7, 11) is 1.69. The van der Waals surface area contributed by atoms with E-state index in [1.54, 1.807) is 31.6 Å². The first-order valence-corrected chi connectivity index (χ1v) is 39.4. The summed E-state index contributed by atoms with van der Waals surface area (Å²) in [6.07, 6.45) is 17.1. The number of nitrogens with zero attached hydrogens (tertiary/aromatic N) is 1. The molecule has 4 heterocycles. The Labute approximate surface area is 649 Å². The zero-order valence-electron chi connectivity index (χ0n) is 70.9. The van der Waals surface area contributed by atoms with Crippen LogP contribution in [0.3, 0.4) is 0 Å². The number of thiophene rings is 1. The number of rotatable bonds is 10. The third kappa shape index (κ3) is 49.7. The van der Waals surface area contributed by atoms with Crippen molar-refractivity contribution in [3.8, 4) is 23.0 Å². The summed E-state index contributed by atoms with van der Waals surface area (Å²) in [5.74, 6) is 2.18. The fourth-order valence-electron chi connectivity index (χ4n) is 11.8. The van der Waals surface area contributed by atoms with E-state index in [0.717, 1.165) is 67.2 Å². The smallest absolute Gasteiger partial charge is 0.160 e. The normalized spacial score (nSPS) is 13.2. The number of para-hydroxylation sites is 2. The maximum atomic E-state index is 9.51. The summed E-state index contributed by atoms with van der Waals surface area (Å²) in [5.41, 5.74) is 13.3. The molecule has 1 unspecified atom stereocenters. The summed E-state index contributed by atoms with van der Waals surface area (Å²) >= 11 is 7.63. The lowest BCUT2D eigenvalue weighted by molar-refractivity contribution is 0.306. The van der Waals surface area contributed by atoms with Gasteiger partial charge < -0.3 is 35.3 Å². The number of nitrogens with one attached hydrogen (secondary N) is 3. The predicted octanol–water partition coefficient (Wildman–Crippen LogP) is 27.3. The quantitative estimate of drug-likeness (QED) is 0.0758. The van der Waals surface area contributed by atoms with Crippen LogP contribution in [0.25, 0.3) is 10.9 Å². The van der Waals surface area contributed by atoms with Gasteiger partial charge in [0.2, 0.25) is 0 Å². The zero-order chi connectivity index (χ0) is 79.7. The lowest BCUT2D eigenvalue weighted by Crippen LogP contribution is -2.15. The topological polar surface area (TPSA) is 126 Å². The second-order valence-electron chi connectivity index (χ2n) is 39.5. The average Bonchev–Trinajstić information content (AvgIpc) is 1.61. The highest BCUT2D eigenvalue weighted by molar-refractivity contribution is 7.09. The minimum atomic E-state index is -0.0400. The molecular formula is C95H145ClN4O4S. The van der Waals surface area contributed by atoms with Crippen LogP contribution in [0, 0.1) is 54.7 Å². The van der Waals surface area contributed by atoms with Crippen LogP contribution in [-0.2, 0) is 51.4 Å². The molecule has 1 fully saturated rings. The van der Waals surface area contributed by atoms with Gasteiger partial charge in [0, 0.05) is 38.9 Å². The molecule has 0 spiro atoms. The second kappa shape index (κ2) is 43.9. The van der Waals surface area contributed by atoms with Gasteiger partial charge in [-0.1, -0.05) is 302 Å². The number of hydrogen-bond donors (Lipinski definition) is 6. The van der Waals surface area contributed by atoms with Gasteiger partial charge in [-0.15, -0.1) is 11.3 Å². The largest absolute Gasteiger partial charge is 0.508 e. The highest BCUT2D eigenvalue weighted by atomic mass is 35.5. The van der Waals surface area contributed by atoms with E-state index < -0.39 is 0 Å².